The maximum absolute atomic E-state index is 13.4. The molecule has 0 unspecified atom stereocenters. The molecule has 0 saturated carbocycles. The number of piperazine rings is 1. The number of benzene rings is 1. The number of sulfonamides is 1. The summed E-state index contributed by atoms with van der Waals surface area (Å²) in [7, 11) is -2.43. The van der Waals surface area contributed by atoms with Gasteiger partial charge in [0.1, 0.15) is 11.3 Å². The molecule has 0 radical (unpaired) electrons. The summed E-state index contributed by atoms with van der Waals surface area (Å²) in [4.78, 5) is 41.5. The summed E-state index contributed by atoms with van der Waals surface area (Å²) >= 11 is 3.56. The van der Waals surface area contributed by atoms with Crippen LogP contribution in [0.1, 0.15) is 20.3 Å². The van der Waals surface area contributed by atoms with Crippen LogP contribution in [0, 0.1) is 0 Å². The molecule has 1 fully saturated rings. The van der Waals surface area contributed by atoms with Crippen LogP contribution >= 0.6 is 15.9 Å². The second kappa shape index (κ2) is 10.2. The van der Waals surface area contributed by atoms with Crippen LogP contribution in [0.15, 0.2) is 37.2 Å². The van der Waals surface area contributed by atoms with E-state index in [1.807, 2.05) is 13.8 Å². The van der Waals surface area contributed by atoms with Crippen LogP contribution in [-0.4, -0.2) is 70.9 Å². The van der Waals surface area contributed by atoms with E-state index in [1.54, 1.807) is 6.07 Å². The van der Waals surface area contributed by atoms with Crippen LogP contribution < -0.4 is 16.0 Å². The number of rotatable bonds is 8. The predicted molar refractivity (Wildman–Crippen MR) is 139 cm³/mol. The molecule has 1 aromatic carbocycles. The minimum atomic E-state index is -3.85. The molecule has 1 saturated heterocycles. The zero-order chi connectivity index (χ0) is 26.2. The monoisotopic (exact) mass is 581 g/mol. The summed E-state index contributed by atoms with van der Waals surface area (Å²) in [6.07, 6.45) is 1.39. The third kappa shape index (κ3) is 4.39. The van der Waals surface area contributed by atoms with Gasteiger partial charge in [0.05, 0.1) is 27.2 Å². The molecule has 0 spiro atoms. The Bertz CT molecular complexity index is 1530. The van der Waals surface area contributed by atoms with E-state index in [4.69, 9.17) is 4.74 Å². The number of aryl methyl sites for hydroxylation is 1. The Labute approximate surface area is 216 Å². The molecule has 0 aliphatic carbocycles. The van der Waals surface area contributed by atoms with Crippen molar-refractivity contribution in [3.8, 4) is 17.0 Å². The van der Waals surface area contributed by atoms with Gasteiger partial charge in [-0.1, -0.05) is 6.92 Å². The standard InChI is InChI=1S/C23H28BrN5O6S/c1-4-8-29-21-18(24)19(25-20(21)22(31)26(3)23(29)32)16-13-15(6-7-17(16)35-5-2)36(33,34)28-11-9-27(14-30)10-12-28/h6-7,13-14,25H,4-5,8-12H2,1-3H3. The highest BCUT2D eigenvalue weighted by Gasteiger charge is 2.30. The first kappa shape index (κ1) is 26.2. The Hall–Kier alpha value is -2.90. The lowest BCUT2D eigenvalue weighted by atomic mass is 10.1. The van der Waals surface area contributed by atoms with Crippen molar-refractivity contribution in [2.75, 3.05) is 32.8 Å². The summed E-state index contributed by atoms with van der Waals surface area (Å²) in [6, 6.07) is 4.58. The van der Waals surface area contributed by atoms with E-state index in [1.165, 1.54) is 33.0 Å². The van der Waals surface area contributed by atoms with Gasteiger partial charge >= 0.3 is 5.69 Å². The Kier molecular flexibility index (Phi) is 7.43. The second-order valence-corrected chi connectivity index (χ2v) is 11.2. The minimum absolute atomic E-state index is 0.0601. The molecule has 4 rings (SSSR count). The van der Waals surface area contributed by atoms with Crippen molar-refractivity contribution in [2.45, 2.75) is 31.7 Å². The third-order valence-corrected chi connectivity index (χ3v) is 8.91. The molecule has 3 aromatic rings. The maximum atomic E-state index is 13.4. The molecule has 194 valence electrons. The number of nitrogens with zero attached hydrogens (tertiary/aromatic N) is 4. The Morgan fingerprint density at radius 1 is 1.14 bits per heavy atom. The molecular formula is C23H28BrN5O6S. The Balaban J connectivity index is 1.91. The van der Waals surface area contributed by atoms with E-state index in [9.17, 15) is 22.8 Å². The summed E-state index contributed by atoms with van der Waals surface area (Å²) in [5.41, 5.74) is 0.600. The first-order chi connectivity index (χ1) is 17.1. The smallest absolute Gasteiger partial charge is 0.331 e. The normalized spacial score (nSPS) is 14.9. The molecule has 0 bridgehead atoms. The average molecular weight is 582 g/mol. The molecule has 13 heteroatoms. The van der Waals surface area contributed by atoms with Gasteiger partial charge in [-0.3, -0.25) is 18.7 Å². The minimum Gasteiger partial charge on any atom is -0.493 e. The maximum Gasteiger partial charge on any atom is 0.331 e. The number of carbonyl (C=O) groups excluding carboxylic acids is 1. The number of fused-ring (bicyclic) bond motifs is 1. The highest BCUT2D eigenvalue weighted by Crippen LogP contribution is 2.39. The largest absolute Gasteiger partial charge is 0.493 e. The number of hydrogen-bond donors (Lipinski definition) is 1. The van der Waals surface area contributed by atoms with Crippen molar-refractivity contribution in [2.24, 2.45) is 7.05 Å². The number of H-pyrrole nitrogens is 1. The molecule has 1 aliphatic heterocycles. The second-order valence-electron chi connectivity index (χ2n) is 8.47. The van der Waals surface area contributed by atoms with Crippen molar-refractivity contribution in [3.63, 3.8) is 0 Å². The molecule has 2 aromatic heterocycles. The van der Waals surface area contributed by atoms with Crippen LogP contribution in [0.3, 0.4) is 0 Å². The molecule has 36 heavy (non-hydrogen) atoms. The van der Waals surface area contributed by atoms with E-state index in [-0.39, 0.29) is 23.5 Å². The molecule has 1 N–H and O–H groups in total. The fraction of sp³-hybridized carbons (Fsp3) is 0.435. The topological polar surface area (TPSA) is 127 Å². The van der Waals surface area contributed by atoms with Crippen LogP contribution in [0.2, 0.25) is 0 Å². The van der Waals surface area contributed by atoms with Crippen LogP contribution in [0.5, 0.6) is 5.75 Å². The summed E-state index contributed by atoms with van der Waals surface area (Å²) < 4.78 is 37.0. The number of amides is 1. The first-order valence-corrected chi connectivity index (χ1v) is 13.9. The van der Waals surface area contributed by atoms with Gasteiger partial charge in [0.2, 0.25) is 16.4 Å². The van der Waals surface area contributed by atoms with E-state index >= 15 is 0 Å². The van der Waals surface area contributed by atoms with Crippen molar-refractivity contribution < 1.29 is 17.9 Å². The van der Waals surface area contributed by atoms with Gasteiger partial charge in [-0.25, -0.2) is 13.2 Å². The number of ether oxygens (including phenoxy) is 1. The average Bonchev–Trinajstić information content (AvgIpc) is 3.22. The quantitative estimate of drug-likeness (QED) is 0.404. The predicted octanol–water partition coefficient (Wildman–Crippen LogP) is 1.73. The molecule has 0 atom stereocenters. The third-order valence-electron chi connectivity index (χ3n) is 6.25. The number of hydrogen-bond acceptors (Lipinski definition) is 6. The van der Waals surface area contributed by atoms with E-state index in [2.05, 4.69) is 20.9 Å². The van der Waals surface area contributed by atoms with Gasteiger partial charge in [0, 0.05) is 45.3 Å². The van der Waals surface area contributed by atoms with Crippen molar-refractivity contribution in [1.82, 2.24) is 23.3 Å². The van der Waals surface area contributed by atoms with Crippen LogP contribution in [0.25, 0.3) is 22.3 Å². The van der Waals surface area contributed by atoms with E-state index in [0.29, 0.717) is 59.7 Å². The highest BCUT2D eigenvalue weighted by atomic mass is 79.9. The highest BCUT2D eigenvalue weighted by molar-refractivity contribution is 9.10. The first-order valence-electron chi connectivity index (χ1n) is 11.6. The number of aromatic nitrogens is 3. The van der Waals surface area contributed by atoms with Crippen molar-refractivity contribution in [3.05, 3.63) is 43.5 Å². The fourth-order valence-corrected chi connectivity index (χ4v) is 6.54. The molecule has 3 heterocycles. The zero-order valence-corrected chi connectivity index (χ0v) is 22.7. The summed E-state index contributed by atoms with van der Waals surface area (Å²) in [5.74, 6) is 0.427. The van der Waals surface area contributed by atoms with Crippen LogP contribution in [-0.2, 0) is 28.4 Å². The van der Waals surface area contributed by atoms with Gasteiger partial charge in [0.15, 0.2) is 0 Å². The SMILES string of the molecule is CCCn1c(=O)n(C)c(=O)c2[nH]c(-c3cc(S(=O)(=O)N4CCN(C=O)CC4)ccc3OCC)c(Br)c21. The molecule has 11 nitrogen and oxygen atoms in total. The number of carbonyl (C=O) groups is 1. The lowest BCUT2D eigenvalue weighted by Gasteiger charge is -2.31. The van der Waals surface area contributed by atoms with Gasteiger partial charge in [-0.2, -0.15) is 4.31 Å². The van der Waals surface area contributed by atoms with Crippen molar-refractivity contribution in [1.29, 1.82) is 0 Å². The van der Waals surface area contributed by atoms with Gasteiger partial charge in [-0.05, 0) is 47.5 Å². The Morgan fingerprint density at radius 3 is 2.44 bits per heavy atom. The fourth-order valence-electron chi connectivity index (χ4n) is 4.37. The van der Waals surface area contributed by atoms with Gasteiger partial charge < -0.3 is 14.6 Å². The molecule has 1 amide bonds. The summed E-state index contributed by atoms with van der Waals surface area (Å²) in [6.45, 7) is 5.51. The van der Waals surface area contributed by atoms with E-state index in [0.717, 1.165) is 11.0 Å². The van der Waals surface area contributed by atoms with Gasteiger partial charge in [-0.15, -0.1) is 0 Å². The zero-order valence-electron chi connectivity index (χ0n) is 20.3. The lowest BCUT2D eigenvalue weighted by molar-refractivity contribution is -0.119. The van der Waals surface area contributed by atoms with Gasteiger partial charge in [0.25, 0.3) is 5.56 Å². The summed E-state index contributed by atoms with van der Waals surface area (Å²) in [5, 5.41) is 0. The van der Waals surface area contributed by atoms with E-state index < -0.39 is 21.3 Å². The van der Waals surface area contributed by atoms with Crippen LogP contribution in [0.4, 0.5) is 0 Å². The van der Waals surface area contributed by atoms with Crippen molar-refractivity contribution >= 4 is 43.4 Å². The number of aromatic amines is 1. The Morgan fingerprint density at radius 2 is 1.83 bits per heavy atom. The molecule has 1 aliphatic rings. The number of halogens is 1. The number of nitrogens with one attached hydrogen (secondary N) is 1. The molecular weight excluding hydrogens is 554 g/mol. The lowest BCUT2D eigenvalue weighted by Crippen LogP contribution is -2.47.